The maximum Gasteiger partial charge on any atom is 0.224 e. The van der Waals surface area contributed by atoms with Crippen molar-refractivity contribution in [3.63, 3.8) is 0 Å². The monoisotopic (exact) mass is 350 g/mol. The molecule has 0 spiro atoms. The summed E-state index contributed by atoms with van der Waals surface area (Å²) in [6, 6.07) is 14.8. The van der Waals surface area contributed by atoms with Crippen LogP contribution in [0.2, 0.25) is 0 Å². The second-order valence-electron chi connectivity index (χ2n) is 6.58. The second kappa shape index (κ2) is 7.66. The standard InChI is InChI=1S/C20H22N4O2/c25-20(8-9-24-15-21-14-22-24)23-10-11-26-18(13-23)12-17-6-3-5-16-4-1-2-7-19(16)17/h1-7,14-15,18H,8-13H2/t18-/m0/s1. The van der Waals surface area contributed by atoms with Gasteiger partial charge in [-0.05, 0) is 16.3 Å². The van der Waals surface area contributed by atoms with Gasteiger partial charge in [-0.3, -0.25) is 9.48 Å². The highest BCUT2D eigenvalue weighted by molar-refractivity contribution is 5.85. The van der Waals surface area contributed by atoms with Crippen molar-refractivity contribution < 1.29 is 9.53 Å². The minimum absolute atomic E-state index is 0.0323. The molecule has 0 unspecified atom stereocenters. The summed E-state index contributed by atoms with van der Waals surface area (Å²) in [6.07, 6.45) is 4.40. The van der Waals surface area contributed by atoms with Crippen molar-refractivity contribution in [1.29, 1.82) is 0 Å². The van der Waals surface area contributed by atoms with Crippen LogP contribution in [-0.2, 0) is 22.5 Å². The molecule has 3 aromatic rings. The van der Waals surface area contributed by atoms with Crippen molar-refractivity contribution in [3.8, 4) is 0 Å². The molecule has 0 N–H and O–H groups in total. The number of rotatable bonds is 5. The fraction of sp³-hybridized carbons (Fsp3) is 0.350. The van der Waals surface area contributed by atoms with Crippen LogP contribution >= 0.6 is 0 Å². The van der Waals surface area contributed by atoms with Crippen LogP contribution < -0.4 is 0 Å². The van der Waals surface area contributed by atoms with Gasteiger partial charge in [0.05, 0.1) is 19.3 Å². The molecule has 134 valence electrons. The summed E-state index contributed by atoms with van der Waals surface area (Å²) in [5.74, 6) is 0.145. The molecule has 2 aromatic carbocycles. The number of amides is 1. The first-order chi connectivity index (χ1) is 12.8. The Balaban J connectivity index is 1.39. The predicted octanol–water partition coefficient (Wildman–Crippen LogP) is 2.29. The average molecular weight is 350 g/mol. The summed E-state index contributed by atoms with van der Waals surface area (Å²) in [7, 11) is 0. The first-order valence-corrected chi connectivity index (χ1v) is 8.98. The van der Waals surface area contributed by atoms with Crippen molar-refractivity contribution >= 4 is 16.7 Å². The van der Waals surface area contributed by atoms with Gasteiger partial charge in [0.25, 0.3) is 0 Å². The molecule has 0 radical (unpaired) electrons. The van der Waals surface area contributed by atoms with Crippen LogP contribution in [0.25, 0.3) is 10.8 Å². The average Bonchev–Trinajstić information content (AvgIpc) is 3.20. The van der Waals surface area contributed by atoms with Gasteiger partial charge in [-0.25, -0.2) is 4.98 Å². The quantitative estimate of drug-likeness (QED) is 0.708. The van der Waals surface area contributed by atoms with Gasteiger partial charge in [0.1, 0.15) is 12.7 Å². The molecule has 26 heavy (non-hydrogen) atoms. The molecule has 1 saturated heterocycles. The minimum atomic E-state index is 0.0323. The zero-order valence-electron chi connectivity index (χ0n) is 14.6. The number of aromatic nitrogens is 3. The smallest absolute Gasteiger partial charge is 0.224 e. The lowest BCUT2D eigenvalue weighted by Gasteiger charge is -2.33. The Kier molecular flexibility index (Phi) is 4.93. The predicted molar refractivity (Wildman–Crippen MR) is 98.6 cm³/mol. The van der Waals surface area contributed by atoms with Crippen LogP contribution in [0.3, 0.4) is 0 Å². The highest BCUT2D eigenvalue weighted by Gasteiger charge is 2.24. The van der Waals surface area contributed by atoms with E-state index in [0.29, 0.717) is 32.7 Å². The Morgan fingerprint density at radius 2 is 2.08 bits per heavy atom. The van der Waals surface area contributed by atoms with E-state index >= 15 is 0 Å². The lowest BCUT2D eigenvalue weighted by atomic mass is 9.99. The number of aryl methyl sites for hydroxylation is 1. The number of hydrogen-bond donors (Lipinski definition) is 0. The van der Waals surface area contributed by atoms with E-state index in [1.165, 1.54) is 22.7 Å². The summed E-state index contributed by atoms with van der Waals surface area (Å²) in [5.41, 5.74) is 1.27. The molecule has 6 nitrogen and oxygen atoms in total. The van der Waals surface area contributed by atoms with E-state index in [9.17, 15) is 4.79 Å². The Morgan fingerprint density at radius 1 is 1.19 bits per heavy atom. The molecule has 1 amide bonds. The highest BCUT2D eigenvalue weighted by atomic mass is 16.5. The molecule has 0 bridgehead atoms. The Labute approximate surface area is 152 Å². The summed E-state index contributed by atoms with van der Waals surface area (Å²) >= 11 is 0. The zero-order chi connectivity index (χ0) is 17.8. The summed E-state index contributed by atoms with van der Waals surface area (Å²) in [4.78, 5) is 18.3. The van der Waals surface area contributed by atoms with Gasteiger partial charge in [0.2, 0.25) is 5.91 Å². The third kappa shape index (κ3) is 3.75. The molecule has 1 aliphatic heterocycles. The van der Waals surface area contributed by atoms with Crippen molar-refractivity contribution in [2.24, 2.45) is 0 Å². The SMILES string of the molecule is O=C(CCn1cncn1)N1CCO[C@@H](Cc2cccc3ccccc23)C1. The number of carbonyl (C=O) groups excluding carboxylic acids is 1. The van der Waals surface area contributed by atoms with Crippen LogP contribution in [0, 0.1) is 0 Å². The van der Waals surface area contributed by atoms with Crippen LogP contribution in [0.1, 0.15) is 12.0 Å². The fourth-order valence-corrected chi connectivity index (χ4v) is 3.50. The number of carbonyl (C=O) groups is 1. The Bertz CT molecular complexity index is 873. The molecule has 4 rings (SSSR count). The third-order valence-corrected chi connectivity index (χ3v) is 4.84. The molecular formula is C20H22N4O2. The van der Waals surface area contributed by atoms with E-state index in [1.807, 2.05) is 4.90 Å². The van der Waals surface area contributed by atoms with E-state index in [4.69, 9.17) is 4.74 Å². The third-order valence-electron chi connectivity index (χ3n) is 4.84. The lowest BCUT2D eigenvalue weighted by Crippen LogP contribution is -2.46. The molecule has 0 aliphatic carbocycles. The molecular weight excluding hydrogens is 328 g/mol. The van der Waals surface area contributed by atoms with E-state index in [1.54, 1.807) is 11.0 Å². The molecule has 1 aliphatic rings. The van der Waals surface area contributed by atoms with Crippen molar-refractivity contribution in [2.75, 3.05) is 19.7 Å². The van der Waals surface area contributed by atoms with Gasteiger partial charge in [-0.1, -0.05) is 42.5 Å². The molecule has 6 heteroatoms. The molecule has 1 aromatic heterocycles. The largest absolute Gasteiger partial charge is 0.374 e. The normalized spacial score (nSPS) is 17.5. The molecule has 2 heterocycles. The lowest BCUT2D eigenvalue weighted by molar-refractivity contribution is -0.139. The van der Waals surface area contributed by atoms with E-state index in [0.717, 1.165) is 6.42 Å². The summed E-state index contributed by atoms with van der Waals surface area (Å²) in [5, 5.41) is 6.54. The summed E-state index contributed by atoms with van der Waals surface area (Å²) < 4.78 is 7.63. The van der Waals surface area contributed by atoms with Crippen molar-refractivity contribution in [3.05, 3.63) is 60.7 Å². The highest BCUT2D eigenvalue weighted by Crippen LogP contribution is 2.21. The van der Waals surface area contributed by atoms with E-state index < -0.39 is 0 Å². The Hall–Kier alpha value is -2.73. The van der Waals surface area contributed by atoms with Crippen LogP contribution in [-0.4, -0.2) is 51.4 Å². The van der Waals surface area contributed by atoms with Crippen LogP contribution in [0.15, 0.2) is 55.1 Å². The van der Waals surface area contributed by atoms with Crippen LogP contribution in [0.5, 0.6) is 0 Å². The second-order valence-corrected chi connectivity index (χ2v) is 6.58. The topological polar surface area (TPSA) is 60.2 Å². The fourth-order valence-electron chi connectivity index (χ4n) is 3.50. The minimum Gasteiger partial charge on any atom is -0.374 e. The van der Waals surface area contributed by atoms with Gasteiger partial charge in [0.15, 0.2) is 0 Å². The number of hydrogen-bond acceptors (Lipinski definition) is 4. The number of fused-ring (bicyclic) bond motifs is 1. The number of morpholine rings is 1. The first-order valence-electron chi connectivity index (χ1n) is 8.98. The van der Waals surface area contributed by atoms with Crippen LogP contribution in [0.4, 0.5) is 0 Å². The van der Waals surface area contributed by atoms with Gasteiger partial charge in [-0.2, -0.15) is 5.10 Å². The number of nitrogens with zero attached hydrogens (tertiary/aromatic N) is 4. The van der Waals surface area contributed by atoms with Gasteiger partial charge < -0.3 is 9.64 Å². The molecule has 1 fully saturated rings. The number of ether oxygens (including phenoxy) is 1. The van der Waals surface area contributed by atoms with Crippen molar-refractivity contribution in [2.45, 2.75) is 25.5 Å². The Morgan fingerprint density at radius 3 is 2.96 bits per heavy atom. The van der Waals surface area contributed by atoms with E-state index in [-0.39, 0.29) is 12.0 Å². The molecule has 0 saturated carbocycles. The molecule has 1 atom stereocenters. The number of benzene rings is 2. The zero-order valence-corrected chi connectivity index (χ0v) is 14.6. The maximum atomic E-state index is 12.5. The maximum absolute atomic E-state index is 12.5. The first kappa shape index (κ1) is 16.7. The van der Waals surface area contributed by atoms with Gasteiger partial charge in [-0.15, -0.1) is 0 Å². The van der Waals surface area contributed by atoms with Crippen molar-refractivity contribution in [1.82, 2.24) is 19.7 Å². The van der Waals surface area contributed by atoms with E-state index in [2.05, 4.69) is 52.5 Å². The van der Waals surface area contributed by atoms with Gasteiger partial charge in [0, 0.05) is 25.9 Å². The van der Waals surface area contributed by atoms with Gasteiger partial charge >= 0.3 is 0 Å². The summed E-state index contributed by atoms with van der Waals surface area (Å²) in [6.45, 7) is 2.44.